The Morgan fingerprint density at radius 3 is 2.71 bits per heavy atom. The summed E-state index contributed by atoms with van der Waals surface area (Å²) in [5.41, 5.74) is 3.86. The molecule has 0 bridgehead atoms. The highest BCUT2D eigenvalue weighted by Crippen LogP contribution is 2.36. The van der Waals surface area contributed by atoms with Crippen molar-refractivity contribution in [2.24, 2.45) is 0 Å². The number of ketones is 1. The van der Waals surface area contributed by atoms with E-state index in [4.69, 9.17) is 4.74 Å². The van der Waals surface area contributed by atoms with E-state index in [-0.39, 0.29) is 24.7 Å². The summed E-state index contributed by atoms with van der Waals surface area (Å²) in [5, 5.41) is 2.25. The van der Waals surface area contributed by atoms with Crippen LogP contribution in [0.3, 0.4) is 0 Å². The summed E-state index contributed by atoms with van der Waals surface area (Å²) in [5.74, 6) is -0.979. The second-order valence-corrected chi connectivity index (χ2v) is 8.32. The number of aryl methyl sites for hydroxylation is 2. The standard InChI is InChI=1S/C22H21NO4S/c24-18(16-10-9-14-5-1-2-6-15(14)11-16)13-27-21(25)12-20-22(26)23-17-7-3-4-8-19(17)28-20/h3-4,7-11,20H,1-2,5-6,12-13H2,(H,23,26)/t20-/m0/s1. The maximum Gasteiger partial charge on any atom is 0.307 e. The van der Waals surface area contributed by atoms with Gasteiger partial charge in [-0.2, -0.15) is 0 Å². The highest BCUT2D eigenvalue weighted by atomic mass is 32.2. The molecule has 1 aliphatic carbocycles. The predicted molar refractivity (Wildman–Crippen MR) is 108 cm³/mol. The number of Topliss-reactive ketones (excluding diaryl/α,β-unsaturated/α-hetero) is 1. The van der Waals surface area contributed by atoms with Gasteiger partial charge in [-0.15, -0.1) is 11.8 Å². The second kappa shape index (κ2) is 8.19. The lowest BCUT2D eigenvalue weighted by atomic mass is 9.90. The summed E-state index contributed by atoms with van der Waals surface area (Å²) in [4.78, 5) is 37.7. The molecule has 6 heteroatoms. The molecule has 0 saturated heterocycles. The first-order valence-corrected chi connectivity index (χ1v) is 10.4. The number of hydrogen-bond donors (Lipinski definition) is 1. The Bertz CT molecular complexity index is 940. The van der Waals surface area contributed by atoms with Crippen LogP contribution in [-0.4, -0.2) is 29.5 Å². The molecule has 1 atom stereocenters. The summed E-state index contributed by atoms with van der Waals surface area (Å²) < 4.78 is 5.16. The summed E-state index contributed by atoms with van der Waals surface area (Å²) in [6, 6.07) is 13.2. The molecule has 1 heterocycles. The van der Waals surface area contributed by atoms with E-state index >= 15 is 0 Å². The zero-order chi connectivity index (χ0) is 19.5. The van der Waals surface area contributed by atoms with Crippen LogP contribution in [0.1, 0.15) is 40.7 Å². The van der Waals surface area contributed by atoms with Gasteiger partial charge in [-0.1, -0.05) is 24.3 Å². The summed E-state index contributed by atoms with van der Waals surface area (Å²) >= 11 is 1.34. The Kier molecular flexibility index (Phi) is 5.48. The molecule has 0 fully saturated rings. The summed E-state index contributed by atoms with van der Waals surface area (Å²) in [7, 11) is 0. The Balaban J connectivity index is 1.32. The smallest absolute Gasteiger partial charge is 0.307 e. The predicted octanol–water partition coefficient (Wildman–Crippen LogP) is 3.79. The monoisotopic (exact) mass is 395 g/mol. The average Bonchev–Trinajstić information content (AvgIpc) is 2.72. The van der Waals surface area contributed by atoms with Gasteiger partial charge in [0.1, 0.15) is 0 Å². The highest BCUT2D eigenvalue weighted by molar-refractivity contribution is 8.01. The molecule has 2 aliphatic rings. The highest BCUT2D eigenvalue weighted by Gasteiger charge is 2.29. The van der Waals surface area contributed by atoms with Crippen molar-refractivity contribution in [2.45, 2.75) is 42.2 Å². The van der Waals surface area contributed by atoms with Crippen LogP contribution >= 0.6 is 11.8 Å². The van der Waals surface area contributed by atoms with Crippen LogP contribution in [0.5, 0.6) is 0 Å². The first-order chi connectivity index (χ1) is 13.6. The fourth-order valence-corrected chi connectivity index (χ4v) is 4.67. The van der Waals surface area contributed by atoms with E-state index in [1.165, 1.54) is 29.3 Å². The van der Waals surface area contributed by atoms with Crippen LogP contribution in [0.2, 0.25) is 0 Å². The second-order valence-electron chi connectivity index (χ2n) is 7.07. The summed E-state index contributed by atoms with van der Waals surface area (Å²) in [6.45, 7) is -0.298. The number of thioether (sulfide) groups is 1. The van der Waals surface area contributed by atoms with Gasteiger partial charge < -0.3 is 10.1 Å². The van der Waals surface area contributed by atoms with Crippen molar-refractivity contribution in [2.75, 3.05) is 11.9 Å². The molecule has 5 nitrogen and oxygen atoms in total. The minimum absolute atomic E-state index is 0.0672. The number of para-hydroxylation sites is 1. The summed E-state index contributed by atoms with van der Waals surface area (Å²) in [6.07, 6.45) is 4.32. The van der Waals surface area contributed by atoms with Crippen LogP contribution in [-0.2, 0) is 27.2 Å². The van der Waals surface area contributed by atoms with Crippen molar-refractivity contribution >= 4 is 35.1 Å². The quantitative estimate of drug-likeness (QED) is 0.616. The number of fused-ring (bicyclic) bond motifs is 2. The fourth-order valence-electron chi connectivity index (χ4n) is 3.57. The third-order valence-corrected chi connectivity index (χ3v) is 6.37. The third kappa shape index (κ3) is 4.12. The Morgan fingerprint density at radius 1 is 1.07 bits per heavy atom. The minimum Gasteiger partial charge on any atom is -0.457 e. The topological polar surface area (TPSA) is 72.5 Å². The molecule has 4 rings (SSSR count). The van der Waals surface area contributed by atoms with Gasteiger partial charge in [0.15, 0.2) is 12.4 Å². The number of rotatable bonds is 5. The van der Waals surface area contributed by atoms with Gasteiger partial charge >= 0.3 is 5.97 Å². The van der Waals surface area contributed by atoms with E-state index in [1.807, 2.05) is 42.5 Å². The molecule has 0 spiro atoms. The lowest BCUT2D eigenvalue weighted by molar-refractivity contribution is -0.143. The number of anilines is 1. The number of benzene rings is 2. The van der Waals surface area contributed by atoms with Crippen molar-refractivity contribution in [1.29, 1.82) is 0 Å². The molecular formula is C22H21NO4S. The lowest BCUT2D eigenvalue weighted by Crippen LogP contribution is -2.31. The zero-order valence-corrected chi connectivity index (χ0v) is 16.2. The molecule has 2 aromatic carbocycles. The Labute approximate surface area is 167 Å². The zero-order valence-electron chi connectivity index (χ0n) is 15.4. The lowest BCUT2D eigenvalue weighted by Gasteiger charge is -2.23. The van der Waals surface area contributed by atoms with Gasteiger partial charge in [0.25, 0.3) is 0 Å². The number of ether oxygens (including phenoxy) is 1. The van der Waals surface area contributed by atoms with Crippen molar-refractivity contribution < 1.29 is 19.1 Å². The molecule has 0 unspecified atom stereocenters. The van der Waals surface area contributed by atoms with Crippen molar-refractivity contribution in [1.82, 2.24) is 0 Å². The van der Waals surface area contributed by atoms with Crippen molar-refractivity contribution in [3.63, 3.8) is 0 Å². The van der Waals surface area contributed by atoms with E-state index in [2.05, 4.69) is 5.32 Å². The molecular weight excluding hydrogens is 374 g/mol. The van der Waals surface area contributed by atoms with Crippen molar-refractivity contribution in [3.05, 3.63) is 59.2 Å². The van der Waals surface area contributed by atoms with Crippen LogP contribution in [0.15, 0.2) is 47.4 Å². The fraction of sp³-hybridized carbons (Fsp3) is 0.318. The van der Waals surface area contributed by atoms with Crippen LogP contribution in [0.25, 0.3) is 0 Å². The average molecular weight is 395 g/mol. The molecule has 28 heavy (non-hydrogen) atoms. The first-order valence-electron chi connectivity index (χ1n) is 9.47. The van der Waals surface area contributed by atoms with Crippen molar-refractivity contribution in [3.8, 4) is 0 Å². The third-order valence-electron chi connectivity index (χ3n) is 5.09. The normalized spacial score (nSPS) is 17.9. The molecule has 2 aromatic rings. The molecule has 1 N–H and O–H groups in total. The van der Waals surface area contributed by atoms with Gasteiger partial charge in [0.05, 0.1) is 17.4 Å². The number of nitrogens with one attached hydrogen (secondary N) is 1. The molecule has 0 saturated carbocycles. The molecule has 0 radical (unpaired) electrons. The molecule has 0 aromatic heterocycles. The number of carbonyl (C=O) groups excluding carboxylic acids is 3. The first kappa shape index (κ1) is 18.7. The Morgan fingerprint density at radius 2 is 1.86 bits per heavy atom. The van der Waals surface area contributed by atoms with Gasteiger partial charge in [0.2, 0.25) is 5.91 Å². The van der Waals surface area contributed by atoms with E-state index in [9.17, 15) is 14.4 Å². The van der Waals surface area contributed by atoms with E-state index in [1.54, 1.807) is 0 Å². The largest absolute Gasteiger partial charge is 0.457 e. The van der Waals surface area contributed by atoms with E-state index < -0.39 is 11.2 Å². The van der Waals surface area contributed by atoms with Gasteiger partial charge in [-0.25, -0.2) is 0 Å². The number of hydrogen-bond acceptors (Lipinski definition) is 5. The van der Waals surface area contributed by atoms with Gasteiger partial charge in [-0.05, 0) is 55.0 Å². The van der Waals surface area contributed by atoms with Crippen LogP contribution in [0, 0.1) is 0 Å². The minimum atomic E-state index is -0.554. The van der Waals surface area contributed by atoms with Gasteiger partial charge in [0, 0.05) is 10.5 Å². The van der Waals surface area contributed by atoms with Crippen LogP contribution < -0.4 is 5.32 Å². The van der Waals surface area contributed by atoms with Gasteiger partial charge in [-0.3, -0.25) is 14.4 Å². The molecule has 1 amide bonds. The van der Waals surface area contributed by atoms with E-state index in [0.29, 0.717) is 5.56 Å². The number of amides is 1. The van der Waals surface area contributed by atoms with E-state index in [0.717, 1.165) is 29.8 Å². The molecule has 144 valence electrons. The maximum absolute atomic E-state index is 12.4. The SMILES string of the molecule is O=C(C[C@@H]1Sc2ccccc2NC1=O)OCC(=O)c1ccc2c(c1)CCCC2. The molecule has 1 aliphatic heterocycles. The Hall–Kier alpha value is -2.60. The van der Waals surface area contributed by atoms with Crippen LogP contribution in [0.4, 0.5) is 5.69 Å². The maximum atomic E-state index is 12.4. The number of esters is 1. The number of carbonyl (C=O) groups is 3.